The van der Waals surface area contributed by atoms with E-state index >= 15 is 0 Å². The Morgan fingerprint density at radius 1 is 1.53 bits per heavy atom. The van der Waals surface area contributed by atoms with Crippen LogP contribution in [0.4, 0.5) is 4.39 Å². The van der Waals surface area contributed by atoms with E-state index in [1.165, 1.54) is 11.8 Å². The van der Waals surface area contributed by atoms with Crippen molar-refractivity contribution in [2.75, 3.05) is 5.33 Å². The molecule has 0 rings (SSSR count). The Bertz CT molecular complexity index is 231. The predicted molar refractivity (Wildman–Crippen MR) is 64.7 cm³/mol. The van der Waals surface area contributed by atoms with Gasteiger partial charge in [-0.15, -0.1) is 6.58 Å². The number of carbonyl (C=O) groups excluding carboxylic acids is 1. The number of nitrogens with zero attached hydrogens (tertiary/aromatic N) is 1. The lowest BCUT2D eigenvalue weighted by Crippen LogP contribution is -2.43. The molecule has 0 aromatic carbocycles. The minimum absolute atomic E-state index is 0.0910. The molecule has 0 saturated heterocycles. The average molecular weight is 280 g/mol. The van der Waals surface area contributed by atoms with Crippen LogP contribution in [0.1, 0.15) is 33.6 Å². The van der Waals surface area contributed by atoms with Gasteiger partial charge >= 0.3 is 0 Å². The first kappa shape index (κ1) is 14.6. The normalized spacial score (nSPS) is 14.5. The maximum atomic E-state index is 13.2. The van der Waals surface area contributed by atoms with E-state index in [0.717, 1.165) is 18.4 Å². The third-order valence-corrected chi connectivity index (χ3v) is 2.73. The number of alkyl halides is 2. The van der Waals surface area contributed by atoms with Crippen molar-refractivity contribution in [2.24, 2.45) is 0 Å². The minimum atomic E-state index is -1.24. The number of amides is 1. The van der Waals surface area contributed by atoms with Crippen molar-refractivity contribution < 1.29 is 9.18 Å². The highest BCUT2D eigenvalue weighted by atomic mass is 79.9. The number of rotatable bonds is 6. The average Bonchev–Trinajstić information content (AvgIpc) is 2.14. The molecule has 0 fully saturated rings. The van der Waals surface area contributed by atoms with Gasteiger partial charge in [-0.05, 0) is 33.6 Å². The Labute approximate surface area is 99.7 Å². The van der Waals surface area contributed by atoms with Crippen LogP contribution < -0.4 is 0 Å². The second-order valence-corrected chi connectivity index (χ2v) is 4.41. The molecule has 0 aromatic heterocycles. The van der Waals surface area contributed by atoms with Crippen LogP contribution in [0.25, 0.3) is 0 Å². The highest BCUT2D eigenvalue weighted by Gasteiger charge is 2.23. The lowest BCUT2D eigenvalue weighted by Gasteiger charge is -2.30. The van der Waals surface area contributed by atoms with Crippen LogP contribution in [0.15, 0.2) is 12.2 Å². The third-order valence-electron chi connectivity index (χ3n) is 2.25. The van der Waals surface area contributed by atoms with Crippen LogP contribution in [0.3, 0.4) is 0 Å². The molecule has 0 bridgehead atoms. The number of hydrogen-bond acceptors (Lipinski definition) is 1. The Balaban J connectivity index is 4.35. The fourth-order valence-corrected chi connectivity index (χ4v) is 1.75. The van der Waals surface area contributed by atoms with E-state index in [1.807, 2.05) is 13.8 Å². The summed E-state index contributed by atoms with van der Waals surface area (Å²) in [6.07, 6.45) is 0.331. The summed E-state index contributed by atoms with van der Waals surface area (Å²) >= 11 is 3.06. The number of carbonyl (C=O) groups is 1. The molecule has 1 amide bonds. The second kappa shape index (κ2) is 6.99. The van der Waals surface area contributed by atoms with Crippen molar-refractivity contribution >= 4 is 21.8 Å². The maximum Gasteiger partial charge on any atom is 0.235 e. The minimum Gasteiger partial charge on any atom is -0.309 e. The Morgan fingerprint density at radius 3 is 2.40 bits per heavy atom. The van der Waals surface area contributed by atoms with Crippen molar-refractivity contribution in [1.29, 1.82) is 0 Å². The van der Waals surface area contributed by atoms with Crippen molar-refractivity contribution in [3.05, 3.63) is 12.2 Å². The van der Waals surface area contributed by atoms with Gasteiger partial charge in [0.2, 0.25) is 5.91 Å². The van der Waals surface area contributed by atoms with E-state index in [9.17, 15) is 9.18 Å². The Kier molecular flexibility index (Phi) is 6.81. The van der Waals surface area contributed by atoms with Crippen LogP contribution in [0.2, 0.25) is 0 Å². The fraction of sp³-hybridized carbons (Fsp3) is 0.727. The third kappa shape index (κ3) is 5.30. The number of allylic oxidation sites excluding steroid dienone is 1. The highest BCUT2D eigenvalue weighted by Crippen LogP contribution is 2.15. The lowest BCUT2D eigenvalue weighted by atomic mass is 10.1. The van der Waals surface area contributed by atoms with Gasteiger partial charge in [0, 0.05) is 6.04 Å². The second-order valence-electron chi connectivity index (χ2n) is 3.85. The molecular weight excluding hydrogens is 261 g/mol. The molecule has 0 N–H and O–H groups in total. The van der Waals surface area contributed by atoms with Crippen LogP contribution in [-0.4, -0.2) is 28.5 Å². The molecule has 15 heavy (non-hydrogen) atoms. The quantitative estimate of drug-likeness (QED) is 0.415. The fourth-order valence-electron chi connectivity index (χ4n) is 1.46. The molecule has 0 aromatic rings. The summed E-state index contributed by atoms with van der Waals surface area (Å²) in [5, 5.41) is 0.165. The summed E-state index contributed by atoms with van der Waals surface area (Å²) in [6, 6.07) is -0.0910. The zero-order valence-corrected chi connectivity index (χ0v) is 11.2. The van der Waals surface area contributed by atoms with E-state index < -0.39 is 6.30 Å². The Morgan fingerprint density at radius 2 is 2.07 bits per heavy atom. The van der Waals surface area contributed by atoms with Gasteiger partial charge in [-0.3, -0.25) is 4.79 Å². The zero-order valence-electron chi connectivity index (χ0n) is 9.59. The molecule has 88 valence electrons. The molecule has 2 atom stereocenters. The van der Waals surface area contributed by atoms with Crippen molar-refractivity contribution in [3.63, 3.8) is 0 Å². The monoisotopic (exact) mass is 279 g/mol. The number of hydrogen-bond donors (Lipinski definition) is 0. The van der Waals surface area contributed by atoms with Crippen LogP contribution >= 0.6 is 15.9 Å². The van der Waals surface area contributed by atoms with Gasteiger partial charge in [0.25, 0.3) is 0 Å². The zero-order chi connectivity index (χ0) is 12.0. The van der Waals surface area contributed by atoms with Gasteiger partial charge in [0.15, 0.2) is 6.30 Å². The first-order valence-electron chi connectivity index (χ1n) is 5.05. The number of halogens is 2. The van der Waals surface area contributed by atoms with Gasteiger partial charge in [-0.25, -0.2) is 4.39 Å². The Hall–Kier alpha value is -0.380. The largest absolute Gasteiger partial charge is 0.309 e. The van der Waals surface area contributed by atoms with Crippen LogP contribution in [0.5, 0.6) is 0 Å². The summed E-state index contributed by atoms with van der Waals surface area (Å²) < 4.78 is 13.2. The molecule has 4 heteroatoms. The van der Waals surface area contributed by atoms with Gasteiger partial charge in [0.05, 0.1) is 5.33 Å². The topological polar surface area (TPSA) is 20.3 Å². The van der Waals surface area contributed by atoms with Crippen LogP contribution in [-0.2, 0) is 4.79 Å². The molecule has 0 spiro atoms. The molecule has 0 aliphatic heterocycles. The van der Waals surface area contributed by atoms with Crippen LogP contribution in [0, 0.1) is 0 Å². The lowest BCUT2D eigenvalue weighted by molar-refractivity contribution is -0.136. The molecular formula is C11H19BrFNO. The van der Waals surface area contributed by atoms with E-state index in [4.69, 9.17) is 0 Å². The summed E-state index contributed by atoms with van der Waals surface area (Å²) in [5.41, 5.74) is 1.06. The molecule has 2 nitrogen and oxygen atoms in total. The summed E-state index contributed by atoms with van der Waals surface area (Å²) in [7, 11) is 0. The smallest absolute Gasteiger partial charge is 0.235 e. The highest BCUT2D eigenvalue weighted by molar-refractivity contribution is 9.09. The van der Waals surface area contributed by atoms with Gasteiger partial charge in [-0.2, -0.15) is 0 Å². The molecule has 0 saturated carbocycles. The van der Waals surface area contributed by atoms with Gasteiger partial charge in [0.1, 0.15) is 0 Å². The summed E-state index contributed by atoms with van der Waals surface area (Å²) in [5.74, 6) is -0.209. The van der Waals surface area contributed by atoms with Gasteiger partial charge in [-0.1, -0.05) is 21.5 Å². The molecule has 0 aliphatic carbocycles. The summed E-state index contributed by atoms with van der Waals surface area (Å²) in [4.78, 5) is 12.7. The van der Waals surface area contributed by atoms with E-state index in [-0.39, 0.29) is 17.3 Å². The van der Waals surface area contributed by atoms with E-state index in [2.05, 4.69) is 22.5 Å². The van der Waals surface area contributed by atoms with E-state index in [1.54, 1.807) is 0 Å². The first-order chi connectivity index (χ1) is 6.90. The molecule has 0 radical (unpaired) electrons. The standard InChI is InChI=1S/C11H19BrFNO/c1-8(2)5-6-9(3)14(10(4)13)11(15)7-12/h9-10H,1,5-7H2,2-4H3. The van der Waals surface area contributed by atoms with Gasteiger partial charge < -0.3 is 4.90 Å². The SMILES string of the molecule is C=C(C)CCC(C)N(C(=O)CBr)C(C)F. The maximum absolute atomic E-state index is 13.2. The van der Waals surface area contributed by atoms with E-state index in [0.29, 0.717) is 0 Å². The van der Waals surface area contributed by atoms with Crippen molar-refractivity contribution in [2.45, 2.75) is 46.0 Å². The molecule has 0 aliphatic rings. The predicted octanol–water partition coefficient (Wildman–Crippen LogP) is 3.27. The van der Waals surface area contributed by atoms with Crippen molar-refractivity contribution in [1.82, 2.24) is 4.90 Å². The first-order valence-corrected chi connectivity index (χ1v) is 6.17. The molecule has 0 heterocycles. The molecule has 2 unspecified atom stereocenters. The summed E-state index contributed by atoms with van der Waals surface area (Å²) in [6.45, 7) is 8.97. The van der Waals surface area contributed by atoms with Crippen molar-refractivity contribution in [3.8, 4) is 0 Å².